The number of aromatic nitrogens is 1. The van der Waals surface area contributed by atoms with E-state index in [1.54, 1.807) is 6.07 Å². The Bertz CT molecular complexity index is 442. The van der Waals surface area contributed by atoms with Crippen LogP contribution in [0.15, 0.2) is 12.1 Å². The van der Waals surface area contributed by atoms with Gasteiger partial charge >= 0.3 is 0 Å². The first-order chi connectivity index (χ1) is 8.10. The second kappa shape index (κ2) is 4.93. The largest absolute Gasteiger partial charge is 0.356 e. The summed E-state index contributed by atoms with van der Waals surface area (Å²) >= 11 is 5.89. The van der Waals surface area contributed by atoms with Crippen LogP contribution in [0.4, 0.5) is 5.82 Å². The van der Waals surface area contributed by atoms with Gasteiger partial charge in [0.2, 0.25) is 0 Å². The molecule has 3 nitrogen and oxygen atoms in total. The fourth-order valence-electron chi connectivity index (χ4n) is 2.54. The van der Waals surface area contributed by atoms with Gasteiger partial charge < -0.3 is 4.90 Å². The van der Waals surface area contributed by atoms with E-state index in [0.29, 0.717) is 22.6 Å². The van der Waals surface area contributed by atoms with Crippen LogP contribution in [0.3, 0.4) is 0 Å². The zero-order valence-electron chi connectivity index (χ0n) is 10.2. The number of nitrogens with zero attached hydrogens (tertiary/aromatic N) is 3. The Morgan fingerprint density at radius 3 is 2.59 bits per heavy atom. The summed E-state index contributed by atoms with van der Waals surface area (Å²) in [4.78, 5) is 6.56. The normalized spacial score (nSPS) is 24.5. The molecule has 1 saturated heterocycles. The molecule has 0 N–H and O–H groups in total. The topological polar surface area (TPSA) is 39.9 Å². The van der Waals surface area contributed by atoms with E-state index < -0.39 is 0 Å². The van der Waals surface area contributed by atoms with Crippen molar-refractivity contribution in [3.05, 3.63) is 22.8 Å². The smallest absolute Gasteiger partial charge is 0.161 e. The van der Waals surface area contributed by atoms with Gasteiger partial charge in [0, 0.05) is 13.1 Å². The number of nitriles is 1. The lowest BCUT2D eigenvalue weighted by Crippen LogP contribution is -2.39. The zero-order valence-corrected chi connectivity index (χ0v) is 10.9. The van der Waals surface area contributed by atoms with Gasteiger partial charge in [0.15, 0.2) is 5.69 Å². The van der Waals surface area contributed by atoms with Crippen molar-refractivity contribution in [1.29, 1.82) is 5.26 Å². The van der Waals surface area contributed by atoms with Crippen LogP contribution in [0.1, 0.15) is 26.0 Å². The van der Waals surface area contributed by atoms with E-state index in [9.17, 15) is 0 Å². The van der Waals surface area contributed by atoms with Crippen LogP contribution in [0.5, 0.6) is 0 Å². The molecule has 4 heteroatoms. The minimum absolute atomic E-state index is 0.315. The van der Waals surface area contributed by atoms with Gasteiger partial charge in [-0.1, -0.05) is 25.4 Å². The fraction of sp³-hybridized carbons (Fsp3) is 0.538. The van der Waals surface area contributed by atoms with Crippen molar-refractivity contribution in [1.82, 2.24) is 4.98 Å². The number of rotatable bonds is 1. The third-order valence-corrected chi connectivity index (χ3v) is 3.44. The molecule has 1 aromatic rings. The van der Waals surface area contributed by atoms with Crippen LogP contribution >= 0.6 is 11.6 Å². The van der Waals surface area contributed by atoms with Gasteiger partial charge in [-0.05, 0) is 30.4 Å². The molecule has 0 radical (unpaired) electrons. The van der Waals surface area contributed by atoms with Gasteiger partial charge in [0.25, 0.3) is 0 Å². The first kappa shape index (κ1) is 12.2. The SMILES string of the molecule is CC1CC(C)CN(c2ccc(Cl)c(C#N)n2)C1. The number of pyridine rings is 1. The second-order valence-electron chi connectivity index (χ2n) is 4.96. The van der Waals surface area contributed by atoms with Crippen molar-refractivity contribution in [3.8, 4) is 6.07 Å². The average molecular weight is 250 g/mol. The monoisotopic (exact) mass is 249 g/mol. The summed E-state index contributed by atoms with van der Waals surface area (Å²) in [6.45, 7) is 6.52. The maximum absolute atomic E-state index is 8.93. The minimum Gasteiger partial charge on any atom is -0.356 e. The van der Waals surface area contributed by atoms with E-state index in [4.69, 9.17) is 16.9 Å². The zero-order chi connectivity index (χ0) is 12.4. The molecule has 2 rings (SSSR count). The van der Waals surface area contributed by atoms with E-state index in [2.05, 4.69) is 23.7 Å². The quantitative estimate of drug-likeness (QED) is 0.768. The molecule has 90 valence electrons. The van der Waals surface area contributed by atoms with Crippen molar-refractivity contribution in [2.45, 2.75) is 20.3 Å². The minimum atomic E-state index is 0.315. The number of anilines is 1. The van der Waals surface area contributed by atoms with E-state index in [-0.39, 0.29) is 0 Å². The van der Waals surface area contributed by atoms with Crippen molar-refractivity contribution in [3.63, 3.8) is 0 Å². The lowest BCUT2D eigenvalue weighted by Gasteiger charge is -2.35. The van der Waals surface area contributed by atoms with Crippen molar-refractivity contribution in [2.75, 3.05) is 18.0 Å². The predicted octanol–water partition coefficient (Wildman–Crippen LogP) is 3.09. The van der Waals surface area contributed by atoms with Crippen molar-refractivity contribution >= 4 is 17.4 Å². The van der Waals surface area contributed by atoms with Crippen molar-refractivity contribution < 1.29 is 0 Å². The van der Waals surface area contributed by atoms with Crippen molar-refractivity contribution in [2.24, 2.45) is 11.8 Å². The molecule has 0 saturated carbocycles. The van der Waals surface area contributed by atoms with Crippen LogP contribution in [-0.4, -0.2) is 18.1 Å². The summed E-state index contributed by atoms with van der Waals surface area (Å²) in [5.74, 6) is 2.20. The number of halogens is 1. The van der Waals surface area contributed by atoms with Gasteiger partial charge in [0.1, 0.15) is 11.9 Å². The van der Waals surface area contributed by atoms with Crippen LogP contribution in [0.2, 0.25) is 5.02 Å². The van der Waals surface area contributed by atoms with E-state index in [1.807, 2.05) is 12.1 Å². The Balaban J connectivity index is 2.25. The molecule has 0 bridgehead atoms. The third kappa shape index (κ3) is 2.70. The van der Waals surface area contributed by atoms with Crippen LogP contribution in [-0.2, 0) is 0 Å². The number of hydrogen-bond acceptors (Lipinski definition) is 3. The second-order valence-corrected chi connectivity index (χ2v) is 5.37. The third-order valence-electron chi connectivity index (χ3n) is 3.13. The highest BCUT2D eigenvalue weighted by molar-refractivity contribution is 6.31. The molecule has 0 aliphatic carbocycles. The summed E-state index contributed by atoms with van der Waals surface area (Å²) < 4.78 is 0. The molecule has 0 amide bonds. The molecule has 0 aromatic carbocycles. The highest BCUT2D eigenvalue weighted by Gasteiger charge is 2.23. The lowest BCUT2D eigenvalue weighted by molar-refractivity contribution is 0.355. The van der Waals surface area contributed by atoms with E-state index in [0.717, 1.165) is 18.9 Å². The highest BCUT2D eigenvalue weighted by Crippen LogP contribution is 2.26. The molecule has 1 aliphatic heterocycles. The van der Waals surface area contributed by atoms with E-state index in [1.165, 1.54) is 6.42 Å². The average Bonchev–Trinajstić information content (AvgIpc) is 2.28. The van der Waals surface area contributed by atoms with E-state index >= 15 is 0 Å². The van der Waals surface area contributed by atoms with Gasteiger partial charge in [-0.2, -0.15) is 5.26 Å². The Hall–Kier alpha value is -1.27. The molecule has 0 spiro atoms. The fourth-order valence-corrected chi connectivity index (χ4v) is 2.68. The van der Waals surface area contributed by atoms with Crippen LogP contribution in [0.25, 0.3) is 0 Å². The predicted molar refractivity (Wildman–Crippen MR) is 69.1 cm³/mol. The maximum Gasteiger partial charge on any atom is 0.161 e. The molecular formula is C13H16ClN3. The van der Waals surface area contributed by atoms with Crippen LogP contribution < -0.4 is 4.90 Å². The van der Waals surface area contributed by atoms with Gasteiger partial charge in [0.05, 0.1) is 5.02 Å². The molecule has 1 aliphatic rings. The Labute approximate surface area is 107 Å². The summed E-state index contributed by atoms with van der Waals surface area (Å²) in [6.07, 6.45) is 1.26. The lowest BCUT2D eigenvalue weighted by atomic mass is 9.92. The molecule has 2 atom stereocenters. The Morgan fingerprint density at radius 2 is 2.00 bits per heavy atom. The first-order valence-electron chi connectivity index (χ1n) is 5.91. The Morgan fingerprint density at radius 1 is 1.35 bits per heavy atom. The maximum atomic E-state index is 8.93. The molecule has 1 fully saturated rings. The summed E-state index contributed by atoms with van der Waals surface area (Å²) in [5.41, 5.74) is 0.315. The summed E-state index contributed by atoms with van der Waals surface area (Å²) in [7, 11) is 0. The number of piperidine rings is 1. The molecule has 2 heterocycles. The molecule has 2 unspecified atom stereocenters. The summed E-state index contributed by atoms with van der Waals surface area (Å²) in [6, 6.07) is 5.68. The van der Waals surface area contributed by atoms with Gasteiger partial charge in [-0.3, -0.25) is 0 Å². The number of hydrogen-bond donors (Lipinski definition) is 0. The molecule has 17 heavy (non-hydrogen) atoms. The highest BCUT2D eigenvalue weighted by atomic mass is 35.5. The Kier molecular flexibility index (Phi) is 3.54. The van der Waals surface area contributed by atoms with Gasteiger partial charge in [-0.15, -0.1) is 0 Å². The summed E-state index contributed by atoms with van der Waals surface area (Å²) in [5, 5.41) is 9.36. The molecular weight excluding hydrogens is 234 g/mol. The molecule has 1 aromatic heterocycles. The van der Waals surface area contributed by atoms with Gasteiger partial charge in [-0.25, -0.2) is 4.98 Å². The first-order valence-corrected chi connectivity index (χ1v) is 6.29. The van der Waals surface area contributed by atoms with Crippen LogP contribution in [0, 0.1) is 23.2 Å². The standard InChI is InChI=1S/C13H16ClN3/c1-9-5-10(2)8-17(7-9)13-4-3-11(14)12(6-15)16-13/h3-4,9-10H,5,7-8H2,1-2H3.